The van der Waals surface area contributed by atoms with E-state index in [1.807, 2.05) is 54.6 Å². The summed E-state index contributed by atoms with van der Waals surface area (Å²) in [5, 5.41) is 15.4. The number of benzene rings is 2. The van der Waals surface area contributed by atoms with Crippen LogP contribution in [-0.4, -0.2) is 33.7 Å². The molecule has 2 aromatic heterocycles. The first-order valence-corrected chi connectivity index (χ1v) is 11.3. The molecule has 2 heterocycles. The standard InChI is InChI=1S/C28H26N4O3/c1-28(2,3)35-27(34)31-14-12-26(33)32-18-24(23-9-4-5-10-25(23)32)21(16-29)15-19-7-6-8-20-17-30-13-11-22(19)20/h4-11,13,15,17-18H,12,14H2,1-3H3,(H,31,34)/b21-15+. The molecule has 0 aliphatic heterocycles. The molecule has 0 atom stereocenters. The lowest BCUT2D eigenvalue weighted by Crippen LogP contribution is -2.34. The highest BCUT2D eigenvalue weighted by Crippen LogP contribution is 2.30. The summed E-state index contributed by atoms with van der Waals surface area (Å²) in [6.07, 6.45) is 6.56. The Morgan fingerprint density at radius 3 is 2.69 bits per heavy atom. The number of fused-ring (bicyclic) bond motifs is 2. The SMILES string of the molecule is CC(C)(C)OC(=O)NCCC(=O)n1cc(/C(C#N)=C/c2cccc3cnccc23)c2ccccc21. The molecule has 1 N–H and O–H groups in total. The Morgan fingerprint density at radius 2 is 1.91 bits per heavy atom. The predicted octanol–water partition coefficient (Wildman–Crippen LogP) is 5.81. The van der Waals surface area contributed by atoms with Crippen molar-refractivity contribution < 1.29 is 14.3 Å². The number of ether oxygens (including phenoxy) is 1. The highest BCUT2D eigenvalue weighted by Gasteiger charge is 2.18. The number of rotatable bonds is 5. The molecule has 176 valence electrons. The molecule has 4 rings (SSSR count). The topological polar surface area (TPSA) is 97.0 Å². The molecule has 0 radical (unpaired) electrons. The molecule has 7 heteroatoms. The van der Waals surface area contributed by atoms with Crippen molar-refractivity contribution in [3.8, 4) is 6.07 Å². The fourth-order valence-corrected chi connectivity index (χ4v) is 3.91. The average molecular weight is 467 g/mol. The van der Waals surface area contributed by atoms with Crippen LogP contribution in [0.2, 0.25) is 0 Å². The molecular weight excluding hydrogens is 440 g/mol. The summed E-state index contributed by atoms with van der Waals surface area (Å²) in [6.45, 7) is 5.47. The number of pyridine rings is 1. The van der Waals surface area contributed by atoms with Gasteiger partial charge in [-0.15, -0.1) is 0 Å². The van der Waals surface area contributed by atoms with E-state index in [4.69, 9.17) is 4.74 Å². The van der Waals surface area contributed by atoms with Crippen molar-refractivity contribution >= 4 is 45.3 Å². The molecule has 0 saturated carbocycles. The van der Waals surface area contributed by atoms with Crippen LogP contribution in [0.3, 0.4) is 0 Å². The Kier molecular flexibility index (Phi) is 6.65. The van der Waals surface area contributed by atoms with Gasteiger partial charge in [-0.2, -0.15) is 5.26 Å². The van der Waals surface area contributed by atoms with Crippen molar-refractivity contribution in [2.45, 2.75) is 32.8 Å². The molecular formula is C28H26N4O3. The van der Waals surface area contributed by atoms with Crippen molar-refractivity contribution in [2.24, 2.45) is 0 Å². The molecule has 7 nitrogen and oxygen atoms in total. The van der Waals surface area contributed by atoms with E-state index in [2.05, 4.69) is 16.4 Å². The summed E-state index contributed by atoms with van der Waals surface area (Å²) in [4.78, 5) is 29.1. The summed E-state index contributed by atoms with van der Waals surface area (Å²) in [5.74, 6) is -0.197. The van der Waals surface area contributed by atoms with Gasteiger partial charge in [-0.05, 0) is 49.9 Å². The number of hydrogen-bond acceptors (Lipinski definition) is 5. The number of nitriles is 1. The lowest BCUT2D eigenvalue weighted by molar-refractivity contribution is 0.0527. The number of nitrogens with zero attached hydrogens (tertiary/aromatic N) is 3. The molecule has 0 aliphatic rings. The van der Waals surface area contributed by atoms with E-state index in [1.54, 1.807) is 43.9 Å². The number of amides is 1. The highest BCUT2D eigenvalue weighted by molar-refractivity contribution is 6.06. The van der Waals surface area contributed by atoms with Gasteiger partial charge >= 0.3 is 6.09 Å². The Hall–Kier alpha value is -4.44. The smallest absolute Gasteiger partial charge is 0.407 e. The zero-order valence-electron chi connectivity index (χ0n) is 19.9. The molecule has 1 amide bonds. The van der Waals surface area contributed by atoms with Gasteiger partial charge in [0.15, 0.2) is 0 Å². The van der Waals surface area contributed by atoms with Gasteiger partial charge in [-0.3, -0.25) is 14.3 Å². The second-order valence-electron chi connectivity index (χ2n) is 9.12. The molecule has 35 heavy (non-hydrogen) atoms. The quantitative estimate of drug-likeness (QED) is 0.375. The summed E-state index contributed by atoms with van der Waals surface area (Å²) in [7, 11) is 0. The number of aromatic nitrogens is 2. The van der Waals surface area contributed by atoms with Crippen LogP contribution in [0.25, 0.3) is 33.3 Å². The van der Waals surface area contributed by atoms with E-state index in [9.17, 15) is 14.9 Å². The monoisotopic (exact) mass is 466 g/mol. The second kappa shape index (κ2) is 9.82. The minimum absolute atomic E-state index is 0.0826. The van der Waals surface area contributed by atoms with Crippen LogP contribution >= 0.6 is 0 Å². The third kappa shape index (κ3) is 5.39. The first-order valence-electron chi connectivity index (χ1n) is 11.3. The first kappa shape index (κ1) is 23.7. The largest absolute Gasteiger partial charge is 0.444 e. The fraction of sp³-hybridized carbons (Fsp3) is 0.214. The number of carbonyl (C=O) groups is 2. The van der Waals surface area contributed by atoms with Gasteiger partial charge in [0.2, 0.25) is 5.91 Å². The number of nitrogens with one attached hydrogen (secondary N) is 1. The lowest BCUT2D eigenvalue weighted by atomic mass is 10.00. The molecule has 0 bridgehead atoms. The van der Waals surface area contributed by atoms with Crippen molar-refractivity contribution in [1.29, 1.82) is 5.26 Å². The van der Waals surface area contributed by atoms with E-state index in [1.165, 1.54) is 0 Å². The summed E-state index contributed by atoms with van der Waals surface area (Å²) >= 11 is 0. The van der Waals surface area contributed by atoms with E-state index in [0.717, 1.165) is 21.7 Å². The van der Waals surface area contributed by atoms with Crippen LogP contribution in [0.15, 0.2) is 67.1 Å². The van der Waals surface area contributed by atoms with Crippen LogP contribution < -0.4 is 5.32 Å². The molecule has 0 aliphatic carbocycles. The summed E-state index contributed by atoms with van der Waals surface area (Å²) in [6, 6.07) is 17.5. The Bertz CT molecular complexity index is 1480. The van der Waals surface area contributed by atoms with Crippen molar-refractivity contribution in [1.82, 2.24) is 14.9 Å². The van der Waals surface area contributed by atoms with Gasteiger partial charge in [-0.1, -0.05) is 36.4 Å². The Balaban J connectivity index is 1.64. The van der Waals surface area contributed by atoms with Gasteiger partial charge in [-0.25, -0.2) is 4.79 Å². The molecule has 0 saturated heterocycles. The molecule has 2 aromatic carbocycles. The van der Waals surface area contributed by atoms with Crippen molar-refractivity contribution in [3.63, 3.8) is 0 Å². The predicted molar refractivity (Wildman–Crippen MR) is 137 cm³/mol. The van der Waals surface area contributed by atoms with Gasteiger partial charge in [0.1, 0.15) is 5.60 Å². The van der Waals surface area contributed by atoms with Gasteiger partial charge in [0, 0.05) is 47.9 Å². The highest BCUT2D eigenvalue weighted by atomic mass is 16.6. The Morgan fingerprint density at radius 1 is 1.11 bits per heavy atom. The third-order valence-electron chi connectivity index (χ3n) is 5.41. The third-order valence-corrected chi connectivity index (χ3v) is 5.41. The van der Waals surface area contributed by atoms with Gasteiger partial charge < -0.3 is 10.1 Å². The zero-order valence-corrected chi connectivity index (χ0v) is 19.9. The number of allylic oxidation sites excluding steroid dienone is 1. The zero-order chi connectivity index (χ0) is 25.0. The molecule has 0 spiro atoms. The first-order chi connectivity index (χ1) is 16.8. The fourth-order valence-electron chi connectivity index (χ4n) is 3.91. The van der Waals surface area contributed by atoms with E-state index < -0.39 is 11.7 Å². The maximum atomic E-state index is 13.0. The van der Waals surface area contributed by atoms with E-state index in [0.29, 0.717) is 16.7 Å². The van der Waals surface area contributed by atoms with E-state index in [-0.39, 0.29) is 18.9 Å². The number of hydrogen-bond donors (Lipinski definition) is 1. The van der Waals surface area contributed by atoms with Crippen molar-refractivity contribution in [2.75, 3.05) is 6.54 Å². The summed E-state index contributed by atoms with van der Waals surface area (Å²) in [5.41, 5.74) is 2.10. The van der Waals surface area contributed by atoms with Gasteiger partial charge in [0.25, 0.3) is 0 Å². The number of carbonyl (C=O) groups excluding carboxylic acids is 2. The average Bonchev–Trinajstić information content (AvgIpc) is 3.21. The van der Waals surface area contributed by atoms with Crippen LogP contribution in [0.5, 0.6) is 0 Å². The van der Waals surface area contributed by atoms with Crippen LogP contribution in [0.1, 0.15) is 43.1 Å². The molecule has 4 aromatic rings. The maximum absolute atomic E-state index is 13.0. The summed E-state index contributed by atoms with van der Waals surface area (Å²) < 4.78 is 6.76. The minimum atomic E-state index is -0.611. The van der Waals surface area contributed by atoms with Crippen molar-refractivity contribution in [3.05, 3.63) is 78.2 Å². The molecule has 0 unspecified atom stereocenters. The number of para-hydroxylation sites is 1. The van der Waals surface area contributed by atoms with Crippen LogP contribution in [0, 0.1) is 11.3 Å². The van der Waals surface area contributed by atoms with E-state index >= 15 is 0 Å². The minimum Gasteiger partial charge on any atom is -0.444 e. The maximum Gasteiger partial charge on any atom is 0.407 e. The normalized spacial score (nSPS) is 11.9. The van der Waals surface area contributed by atoms with Crippen LogP contribution in [0.4, 0.5) is 4.79 Å². The van der Waals surface area contributed by atoms with Gasteiger partial charge in [0.05, 0.1) is 17.2 Å². The second-order valence-corrected chi connectivity index (χ2v) is 9.12. The van der Waals surface area contributed by atoms with Crippen LogP contribution in [-0.2, 0) is 4.74 Å². The Labute approximate surface area is 203 Å². The lowest BCUT2D eigenvalue weighted by Gasteiger charge is -2.19. The molecule has 0 fully saturated rings. The number of alkyl carbamates (subject to hydrolysis) is 1.